The lowest BCUT2D eigenvalue weighted by Gasteiger charge is -2.23. The first kappa shape index (κ1) is 8.52. The molecule has 2 rings (SSSR count). The highest BCUT2D eigenvalue weighted by molar-refractivity contribution is 7.92. The lowest BCUT2D eigenvalue weighted by molar-refractivity contribution is 0.591. The minimum absolute atomic E-state index is 0.0377. The molecule has 0 aromatic heterocycles. The van der Waals surface area contributed by atoms with Crippen LogP contribution >= 0.6 is 0 Å². The molecule has 0 radical (unpaired) electrons. The van der Waals surface area contributed by atoms with Crippen molar-refractivity contribution in [3.05, 3.63) is 29.8 Å². The summed E-state index contributed by atoms with van der Waals surface area (Å²) in [5, 5.41) is 0. The Bertz CT molecular complexity index is 428. The summed E-state index contributed by atoms with van der Waals surface area (Å²) >= 11 is 0. The average Bonchev–Trinajstić information content (AvgIpc) is 2.02. The second-order valence-electron chi connectivity index (χ2n) is 3.08. The second-order valence-corrected chi connectivity index (χ2v) is 4.84. The van der Waals surface area contributed by atoms with Gasteiger partial charge in [-0.15, -0.1) is 0 Å². The minimum Gasteiger partial charge on any atom is -0.323 e. The molecule has 1 aromatic carbocycles. The molecule has 3 N–H and O–H groups in total. The molecule has 1 atom stereocenters. The van der Waals surface area contributed by atoms with E-state index in [2.05, 4.69) is 4.72 Å². The molecule has 0 aliphatic carbocycles. The van der Waals surface area contributed by atoms with Crippen molar-refractivity contribution in [1.82, 2.24) is 0 Å². The number of nitrogens with two attached hydrogens (primary N) is 1. The predicted molar refractivity (Wildman–Crippen MR) is 50.8 cm³/mol. The van der Waals surface area contributed by atoms with Crippen molar-refractivity contribution in [1.29, 1.82) is 0 Å². The molecule has 0 bridgehead atoms. The molecule has 0 fully saturated rings. The number of rotatable bonds is 0. The highest BCUT2D eigenvalue weighted by atomic mass is 32.2. The van der Waals surface area contributed by atoms with E-state index in [1.54, 1.807) is 12.1 Å². The van der Waals surface area contributed by atoms with Gasteiger partial charge in [0.2, 0.25) is 10.0 Å². The lowest BCUT2D eigenvalue weighted by Crippen LogP contribution is -2.31. The summed E-state index contributed by atoms with van der Waals surface area (Å²) in [7, 11) is -3.22. The van der Waals surface area contributed by atoms with E-state index in [0.717, 1.165) is 5.56 Å². The number of benzene rings is 1. The number of sulfonamides is 1. The van der Waals surface area contributed by atoms with Crippen LogP contribution in [0.2, 0.25) is 0 Å². The molecule has 5 heteroatoms. The van der Waals surface area contributed by atoms with Crippen LogP contribution in [-0.4, -0.2) is 14.2 Å². The zero-order valence-corrected chi connectivity index (χ0v) is 7.71. The smallest absolute Gasteiger partial charge is 0.234 e. The summed E-state index contributed by atoms with van der Waals surface area (Å²) in [5.74, 6) is -0.0377. The fourth-order valence-electron chi connectivity index (χ4n) is 1.45. The Labute approximate surface area is 76.8 Å². The van der Waals surface area contributed by atoms with Gasteiger partial charge in [-0.25, -0.2) is 8.42 Å². The first-order chi connectivity index (χ1) is 6.08. The summed E-state index contributed by atoms with van der Waals surface area (Å²) in [6, 6.07) is 6.76. The first-order valence-corrected chi connectivity index (χ1v) is 5.59. The van der Waals surface area contributed by atoms with Crippen molar-refractivity contribution in [2.75, 3.05) is 10.5 Å². The van der Waals surface area contributed by atoms with E-state index in [9.17, 15) is 8.42 Å². The molecular formula is C8H10N2O2S. The van der Waals surface area contributed by atoms with Gasteiger partial charge >= 0.3 is 0 Å². The zero-order valence-electron chi connectivity index (χ0n) is 6.90. The maximum Gasteiger partial charge on any atom is 0.234 e. The minimum atomic E-state index is -3.22. The van der Waals surface area contributed by atoms with Crippen LogP contribution in [0.1, 0.15) is 11.6 Å². The fraction of sp³-hybridized carbons (Fsp3) is 0.250. The molecule has 1 aliphatic rings. The molecule has 1 heterocycles. The predicted octanol–water partition coefficient (Wildman–Crippen LogP) is 0.442. The molecule has 13 heavy (non-hydrogen) atoms. The van der Waals surface area contributed by atoms with Crippen LogP contribution in [0.25, 0.3) is 0 Å². The molecule has 0 spiro atoms. The number of anilines is 1. The van der Waals surface area contributed by atoms with Crippen molar-refractivity contribution in [2.45, 2.75) is 6.04 Å². The summed E-state index contributed by atoms with van der Waals surface area (Å²) in [6.07, 6.45) is 0. The number of nitrogens with one attached hydrogen (secondary N) is 1. The number of fused-ring (bicyclic) bond motifs is 1. The Morgan fingerprint density at radius 1 is 1.38 bits per heavy atom. The Morgan fingerprint density at radius 3 is 2.85 bits per heavy atom. The molecule has 1 aliphatic heterocycles. The monoisotopic (exact) mass is 198 g/mol. The third-order valence-electron chi connectivity index (χ3n) is 2.02. The quantitative estimate of drug-likeness (QED) is 0.635. The maximum absolute atomic E-state index is 11.2. The van der Waals surface area contributed by atoms with Gasteiger partial charge in [-0.05, 0) is 11.6 Å². The van der Waals surface area contributed by atoms with Gasteiger partial charge in [-0.1, -0.05) is 18.2 Å². The number of para-hydroxylation sites is 1. The van der Waals surface area contributed by atoms with Gasteiger partial charge in [0.15, 0.2) is 0 Å². The third kappa shape index (κ3) is 1.52. The van der Waals surface area contributed by atoms with Crippen molar-refractivity contribution in [2.24, 2.45) is 5.73 Å². The van der Waals surface area contributed by atoms with Gasteiger partial charge in [0.1, 0.15) is 0 Å². The summed E-state index contributed by atoms with van der Waals surface area (Å²) in [4.78, 5) is 0. The second kappa shape index (κ2) is 2.71. The molecule has 0 saturated heterocycles. The Balaban J connectivity index is 2.55. The first-order valence-electron chi connectivity index (χ1n) is 3.93. The van der Waals surface area contributed by atoms with Crippen LogP contribution in [0.3, 0.4) is 0 Å². The average molecular weight is 198 g/mol. The van der Waals surface area contributed by atoms with Gasteiger partial charge in [0, 0.05) is 6.04 Å². The van der Waals surface area contributed by atoms with E-state index < -0.39 is 16.1 Å². The van der Waals surface area contributed by atoms with E-state index in [1.165, 1.54) is 0 Å². The van der Waals surface area contributed by atoms with Crippen LogP contribution in [0.15, 0.2) is 24.3 Å². The number of hydrogen-bond donors (Lipinski definition) is 2. The maximum atomic E-state index is 11.2. The van der Waals surface area contributed by atoms with Crippen LogP contribution < -0.4 is 10.5 Å². The Hall–Kier alpha value is -1.07. The van der Waals surface area contributed by atoms with Gasteiger partial charge in [0.25, 0.3) is 0 Å². The Kier molecular flexibility index (Phi) is 1.78. The Morgan fingerprint density at radius 2 is 2.08 bits per heavy atom. The molecule has 1 aromatic rings. The van der Waals surface area contributed by atoms with Crippen molar-refractivity contribution < 1.29 is 8.42 Å². The molecule has 0 amide bonds. The van der Waals surface area contributed by atoms with Crippen LogP contribution in [-0.2, 0) is 10.0 Å². The van der Waals surface area contributed by atoms with Gasteiger partial charge in [0.05, 0.1) is 11.4 Å². The zero-order chi connectivity index (χ0) is 9.47. The van der Waals surface area contributed by atoms with Gasteiger partial charge in [-0.3, -0.25) is 4.72 Å². The van der Waals surface area contributed by atoms with Crippen molar-refractivity contribution >= 4 is 15.7 Å². The van der Waals surface area contributed by atoms with Crippen molar-refractivity contribution in [3.8, 4) is 0 Å². The standard InChI is InChI=1S/C8H10N2O2S/c9-7-5-13(11,12)10-8-4-2-1-3-6(7)8/h1-4,7,10H,5,9H2. The van der Waals surface area contributed by atoms with E-state index in [1.807, 2.05) is 12.1 Å². The summed E-state index contributed by atoms with van der Waals surface area (Å²) in [6.45, 7) is 0. The van der Waals surface area contributed by atoms with Crippen LogP contribution in [0, 0.1) is 0 Å². The van der Waals surface area contributed by atoms with Crippen molar-refractivity contribution in [3.63, 3.8) is 0 Å². The van der Waals surface area contributed by atoms with E-state index in [0.29, 0.717) is 5.69 Å². The molecule has 70 valence electrons. The topological polar surface area (TPSA) is 72.2 Å². The SMILES string of the molecule is NC1CS(=O)(=O)Nc2ccccc21. The summed E-state index contributed by atoms with van der Waals surface area (Å²) in [5.41, 5.74) is 7.16. The largest absolute Gasteiger partial charge is 0.323 e. The van der Waals surface area contributed by atoms with Gasteiger partial charge < -0.3 is 5.73 Å². The van der Waals surface area contributed by atoms with Crippen LogP contribution in [0.5, 0.6) is 0 Å². The van der Waals surface area contributed by atoms with E-state index >= 15 is 0 Å². The fourth-order valence-corrected chi connectivity index (χ4v) is 2.71. The lowest BCUT2D eigenvalue weighted by atomic mass is 10.1. The third-order valence-corrected chi connectivity index (χ3v) is 3.35. The normalized spacial score (nSPS) is 24.5. The highest BCUT2D eigenvalue weighted by Gasteiger charge is 2.25. The highest BCUT2D eigenvalue weighted by Crippen LogP contribution is 2.27. The molecule has 1 unspecified atom stereocenters. The molecule has 0 saturated carbocycles. The van der Waals surface area contributed by atoms with Crippen LogP contribution in [0.4, 0.5) is 5.69 Å². The molecular weight excluding hydrogens is 188 g/mol. The van der Waals surface area contributed by atoms with Gasteiger partial charge in [-0.2, -0.15) is 0 Å². The van der Waals surface area contributed by atoms with E-state index in [-0.39, 0.29) is 5.75 Å². The summed E-state index contributed by atoms with van der Waals surface area (Å²) < 4.78 is 24.9. The molecule has 4 nitrogen and oxygen atoms in total. The van der Waals surface area contributed by atoms with E-state index in [4.69, 9.17) is 5.73 Å². The number of hydrogen-bond acceptors (Lipinski definition) is 3.